The summed E-state index contributed by atoms with van der Waals surface area (Å²) in [4.78, 5) is 98.3. The molecule has 20 heteroatoms. The number of nitrogens with zero attached hydrogens (tertiary/aromatic N) is 3. The van der Waals surface area contributed by atoms with Crippen molar-refractivity contribution in [3.8, 4) is 0 Å². The number of carbonyl (C=O) groups excluding carboxylic acids is 3. The van der Waals surface area contributed by atoms with Crippen molar-refractivity contribution in [1.82, 2.24) is 36.3 Å². The van der Waals surface area contributed by atoms with Gasteiger partial charge in [-0.1, -0.05) is 6.07 Å². The van der Waals surface area contributed by atoms with Crippen LogP contribution in [0, 0.1) is 5.92 Å². The highest BCUT2D eigenvalue weighted by molar-refractivity contribution is 5.91. The summed E-state index contributed by atoms with van der Waals surface area (Å²) < 4.78 is 0. The Hall–Kier alpha value is -5.37. The van der Waals surface area contributed by atoms with Crippen LogP contribution in [0.25, 0.3) is 0 Å². The van der Waals surface area contributed by atoms with Crippen molar-refractivity contribution < 1.29 is 63.9 Å². The van der Waals surface area contributed by atoms with E-state index in [4.69, 9.17) is 5.11 Å². The molecular formula is C31H45N7O13. The van der Waals surface area contributed by atoms with Gasteiger partial charge in [0.05, 0.1) is 12.2 Å². The average Bonchev–Trinajstić information content (AvgIpc) is 3.76. The van der Waals surface area contributed by atoms with E-state index in [2.05, 4.69) is 26.3 Å². The monoisotopic (exact) mass is 723 g/mol. The highest BCUT2D eigenvalue weighted by atomic mass is 16.4. The van der Waals surface area contributed by atoms with Gasteiger partial charge in [0.15, 0.2) is 0 Å². The SMILES string of the molecule is CN(CC[C@H](NC(=O)CCCC(=O)NCCCC1CC1(NC(=O)N[C@@H](CCC(=O)O)C(=O)O)C(=O)O)C(=O)O)N(CC(=O)O)Cc1ccccn1. The van der Waals surface area contributed by atoms with E-state index in [-0.39, 0.29) is 64.2 Å². The van der Waals surface area contributed by atoms with Gasteiger partial charge in [0, 0.05) is 45.6 Å². The van der Waals surface area contributed by atoms with Gasteiger partial charge < -0.3 is 46.8 Å². The quantitative estimate of drug-likeness (QED) is 0.0445. The number of carboxylic acids is 5. The molecule has 9 N–H and O–H groups in total. The van der Waals surface area contributed by atoms with Crippen LogP contribution < -0.4 is 21.3 Å². The minimum Gasteiger partial charge on any atom is -0.481 e. The molecule has 282 valence electrons. The largest absolute Gasteiger partial charge is 0.481 e. The van der Waals surface area contributed by atoms with Gasteiger partial charge >= 0.3 is 35.9 Å². The molecule has 1 fully saturated rings. The maximum Gasteiger partial charge on any atom is 0.329 e. The third-order valence-electron chi connectivity index (χ3n) is 8.18. The number of carboxylic acid groups (broad SMARTS) is 5. The molecule has 0 saturated heterocycles. The molecule has 1 aromatic heterocycles. The third-order valence-corrected chi connectivity index (χ3v) is 8.18. The molecular weight excluding hydrogens is 678 g/mol. The smallest absolute Gasteiger partial charge is 0.329 e. The summed E-state index contributed by atoms with van der Waals surface area (Å²) in [6.07, 6.45) is 1.31. The predicted octanol–water partition coefficient (Wildman–Crippen LogP) is -0.698. The second-order valence-electron chi connectivity index (χ2n) is 12.1. The van der Waals surface area contributed by atoms with Crippen molar-refractivity contribution in [3.63, 3.8) is 0 Å². The zero-order valence-corrected chi connectivity index (χ0v) is 28.1. The number of rotatable bonds is 25. The first-order chi connectivity index (χ1) is 24.0. The van der Waals surface area contributed by atoms with Crippen LogP contribution >= 0.6 is 0 Å². The molecule has 51 heavy (non-hydrogen) atoms. The minimum atomic E-state index is -1.63. The van der Waals surface area contributed by atoms with E-state index < -0.39 is 78.2 Å². The Labute approximate surface area is 292 Å². The number of urea groups is 1. The first-order valence-electron chi connectivity index (χ1n) is 16.2. The molecule has 1 saturated carbocycles. The molecule has 0 aromatic carbocycles. The Bertz CT molecular complexity index is 1410. The van der Waals surface area contributed by atoms with Crippen LogP contribution in [0.1, 0.15) is 63.5 Å². The maximum atomic E-state index is 12.4. The fourth-order valence-electron chi connectivity index (χ4n) is 5.26. The van der Waals surface area contributed by atoms with E-state index in [1.165, 1.54) is 5.01 Å². The average molecular weight is 724 g/mol. The van der Waals surface area contributed by atoms with E-state index in [0.29, 0.717) is 18.5 Å². The van der Waals surface area contributed by atoms with Crippen LogP contribution in [-0.4, -0.2) is 133 Å². The maximum absolute atomic E-state index is 12.4. The van der Waals surface area contributed by atoms with E-state index in [9.17, 15) is 58.8 Å². The molecule has 1 aromatic rings. The van der Waals surface area contributed by atoms with Crippen molar-refractivity contribution in [2.45, 2.75) is 82.0 Å². The first-order valence-corrected chi connectivity index (χ1v) is 16.2. The molecule has 2 unspecified atom stereocenters. The lowest BCUT2D eigenvalue weighted by atomic mass is 10.1. The van der Waals surface area contributed by atoms with Crippen molar-refractivity contribution in [1.29, 1.82) is 0 Å². The lowest BCUT2D eigenvalue weighted by Crippen LogP contribution is -2.53. The highest BCUT2D eigenvalue weighted by Gasteiger charge is 2.61. The zero-order chi connectivity index (χ0) is 38.1. The molecule has 0 aliphatic heterocycles. The van der Waals surface area contributed by atoms with Crippen molar-refractivity contribution in [2.24, 2.45) is 5.92 Å². The van der Waals surface area contributed by atoms with Gasteiger partial charge in [0.2, 0.25) is 11.8 Å². The van der Waals surface area contributed by atoms with Gasteiger partial charge in [0.1, 0.15) is 24.2 Å². The predicted molar refractivity (Wildman–Crippen MR) is 174 cm³/mol. The van der Waals surface area contributed by atoms with Gasteiger partial charge in [0.25, 0.3) is 0 Å². The van der Waals surface area contributed by atoms with Crippen LogP contribution in [0.2, 0.25) is 0 Å². The first kappa shape index (κ1) is 41.8. The molecule has 4 amide bonds. The summed E-state index contributed by atoms with van der Waals surface area (Å²) >= 11 is 0. The third kappa shape index (κ3) is 15.0. The Balaban J connectivity index is 1.71. The Kier molecular flexibility index (Phi) is 16.7. The highest BCUT2D eigenvalue weighted by Crippen LogP contribution is 2.46. The van der Waals surface area contributed by atoms with Gasteiger partial charge in [-0.25, -0.2) is 29.2 Å². The lowest BCUT2D eigenvalue weighted by Gasteiger charge is -2.31. The summed E-state index contributed by atoms with van der Waals surface area (Å²) in [5.41, 5.74) is -1.01. The number of hydrogen-bond donors (Lipinski definition) is 9. The molecule has 20 nitrogen and oxygen atoms in total. The summed E-state index contributed by atoms with van der Waals surface area (Å²) in [7, 11) is 1.60. The summed E-state index contributed by atoms with van der Waals surface area (Å²) in [6.45, 7) is 0.101. The van der Waals surface area contributed by atoms with Crippen molar-refractivity contribution in [3.05, 3.63) is 30.1 Å². The molecule has 1 aliphatic carbocycles. The number of hydrogen-bond acceptors (Lipinski definition) is 11. The van der Waals surface area contributed by atoms with Gasteiger partial charge in [-0.2, -0.15) is 0 Å². The Morgan fingerprint density at radius 1 is 0.863 bits per heavy atom. The van der Waals surface area contributed by atoms with E-state index in [0.717, 1.165) is 0 Å². The van der Waals surface area contributed by atoms with E-state index in [1.54, 1.807) is 36.5 Å². The van der Waals surface area contributed by atoms with Crippen molar-refractivity contribution in [2.75, 3.05) is 26.7 Å². The summed E-state index contributed by atoms with van der Waals surface area (Å²) in [5, 5.41) is 59.0. The van der Waals surface area contributed by atoms with Crippen LogP contribution in [-0.2, 0) is 40.1 Å². The second kappa shape index (κ2) is 20.3. The number of carbonyl (C=O) groups is 8. The topological polar surface area (TPSA) is 305 Å². The zero-order valence-electron chi connectivity index (χ0n) is 28.1. The van der Waals surface area contributed by atoms with Crippen LogP contribution in [0.3, 0.4) is 0 Å². The summed E-state index contributed by atoms with van der Waals surface area (Å²) in [5.74, 6) is -7.87. The molecule has 1 aliphatic rings. The molecule has 1 heterocycles. The molecule has 0 bridgehead atoms. The number of amides is 4. The number of hydrazine groups is 1. The van der Waals surface area contributed by atoms with E-state index in [1.807, 2.05) is 0 Å². The number of nitrogens with one attached hydrogen (secondary N) is 4. The minimum absolute atomic E-state index is 0.0314. The van der Waals surface area contributed by atoms with Crippen LogP contribution in [0.15, 0.2) is 24.4 Å². The number of pyridine rings is 1. The normalized spacial score (nSPS) is 17.5. The number of aliphatic carboxylic acids is 5. The standard InChI is InChI=1S/C31H45N7O13/c1-37(38(18-26(43)44)17-20-7-2-3-13-32-20)15-12-22(28(47)48)34-24(40)9-4-8-23(39)33-14-5-6-19-16-31(19,29(49)50)36-30(51)35-21(27(45)46)10-11-25(41)42/h2-3,7,13,19,21-22H,4-6,8-12,14-18H2,1H3,(H,33,39)(H,34,40)(H,41,42)(H,43,44)(H,45,46)(H,47,48)(H,49,50)(H2,35,36,51)/t19?,21-,22-,31?/m0/s1. The molecule has 0 radical (unpaired) electrons. The van der Waals surface area contributed by atoms with Crippen molar-refractivity contribution >= 4 is 47.7 Å². The van der Waals surface area contributed by atoms with Gasteiger partial charge in [-0.15, -0.1) is 0 Å². The summed E-state index contributed by atoms with van der Waals surface area (Å²) in [6, 6.07) is 1.36. The Morgan fingerprint density at radius 2 is 1.53 bits per heavy atom. The fraction of sp³-hybridized carbons (Fsp3) is 0.581. The Morgan fingerprint density at radius 3 is 2.12 bits per heavy atom. The van der Waals surface area contributed by atoms with Gasteiger partial charge in [-0.05, 0) is 56.6 Å². The van der Waals surface area contributed by atoms with E-state index >= 15 is 0 Å². The van der Waals surface area contributed by atoms with Gasteiger partial charge in [-0.3, -0.25) is 24.2 Å². The molecule has 4 atom stereocenters. The lowest BCUT2D eigenvalue weighted by molar-refractivity contribution is -0.146. The van der Waals surface area contributed by atoms with Crippen LogP contribution in [0.5, 0.6) is 0 Å². The molecule has 2 rings (SSSR count). The fourth-order valence-corrected chi connectivity index (χ4v) is 5.26. The van der Waals surface area contributed by atoms with Crippen LogP contribution in [0.4, 0.5) is 4.79 Å². The molecule has 0 spiro atoms. The second-order valence-corrected chi connectivity index (χ2v) is 12.1. The number of aromatic nitrogens is 1.